The van der Waals surface area contributed by atoms with Gasteiger partial charge in [0.1, 0.15) is 0 Å². The fraction of sp³-hybridized carbons (Fsp3) is 0.0909. The van der Waals surface area contributed by atoms with Crippen molar-refractivity contribution in [2.75, 3.05) is 4.72 Å². The summed E-state index contributed by atoms with van der Waals surface area (Å²) >= 11 is 4.04. The van der Waals surface area contributed by atoms with Crippen LogP contribution < -0.4 is 4.72 Å². The lowest BCUT2D eigenvalue weighted by atomic mass is 10.2. The van der Waals surface area contributed by atoms with Gasteiger partial charge in [0, 0.05) is 4.47 Å². The Kier molecular flexibility index (Phi) is 4.11. The van der Waals surface area contributed by atoms with Crippen LogP contribution in [0.2, 0.25) is 0 Å². The minimum absolute atomic E-state index is 0.321. The van der Waals surface area contributed by atoms with Gasteiger partial charge in [-0.2, -0.15) is 0 Å². The summed E-state index contributed by atoms with van der Waals surface area (Å²) in [6.07, 6.45) is 0. The maximum Gasteiger partial charge on any atom is 0.356 e. The Morgan fingerprint density at radius 1 is 1.45 bits per heavy atom. The van der Waals surface area contributed by atoms with E-state index in [1.807, 2.05) is 13.0 Å². The number of aromatic carboxylic acids is 1. The minimum Gasteiger partial charge on any atom is -0.476 e. The largest absolute Gasteiger partial charge is 0.476 e. The predicted octanol–water partition coefficient (Wildman–Crippen LogP) is 2.71. The first kappa shape index (κ1) is 14.9. The SMILES string of the molecule is Cc1cccc(NS(=O)(=O)c2scnc2C(=O)O)c1Br. The summed E-state index contributed by atoms with van der Waals surface area (Å²) in [5.41, 5.74) is 1.90. The van der Waals surface area contributed by atoms with Gasteiger partial charge in [-0.25, -0.2) is 18.2 Å². The number of carboxylic acids is 1. The minimum atomic E-state index is -3.99. The Balaban J connectivity index is 2.44. The fourth-order valence-electron chi connectivity index (χ4n) is 1.49. The van der Waals surface area contributed by atoms with E-state index < -0.39 is 21.7 Å². The molecule has 0 amide bonds. The third-order valence-corrected chi connectivity index (χ3v) is 6.21. The molecule has 0 atom stereocenters. The molecule has 0 saturated carbocycles. The number of halogens is 1. The van der Waals surface area contributed by atoms with Crippen molar-refractivity contribution >= 4 is 48.9 Å². The van der Waals surface area contributed by atoms with E-state index in [9.17, 15) is 13.2 Å². The second kappa shape index (κ2) is 5.51. The Morgan fingerprint density at radius 3 is 2.80 bits per heavy atom. The zero-order valence-electron chi connectivity index (χ0n) is 10.1. The predicted molar refractivity (Wildman–Crippen MR) is 78.8 cm³/mol. The van der Waals surface area contributed by atoms with E-state index in [-0.39, 0.29) is 4.21 Å². The van der Waals surface area contributed by atoms with Gasteiger partial charge in [-0.3, -0.25) is 4.72 Å². The highest BCUT2D eigenvalue weighted by Gasteiger charge is 2.26. The van der Waals surface area contributed by atoms with Crippen molar-refractivity contribution < 1.29 is 18.3 Å². The van der Waals surface area contributed by atoms with E-state index in [1.54, 1.807) is 12.1 Å². The van der Waals surface area contributed by atoms with Crippen LogP contribution in [0.5, 0.6) is 0 Å². The third kappa shape index (κ3) is 2.84. The summed E-state index contributed by atoms with van der Waals surface area (Å²) in [6.45, 7) is 1.82. The van der Waals surface area contributed by atoms with Gasteiger partial charge in [0.15, 0.2) is 9.90 Å². The molecule has 0 aliphatic carbocycles. The monoisotopic (exact) mass is 376 g/mol. The summed E-state index contributed by atoms with van der Waals surface area (Å²) < 4.78 is 27.1. The average molecular weight is 377 g/mol. The number of hydrogen-bond acceptors (Lipinski definition) is 5. The molecule has 2 rings (SSSR count). The number of benzene rings is 1. The fourth-order valence-corrected chi connectivity index (χ4v) is 4.19. The van der Waals surface area contributed by atoms with Crippen LogP contribution in [-0.2, 0) is 10.0 Å². The molecule has 0 aliphatic rings. The number of sulfonamides is 1. The smallest absolute Gasteiger partial charge is 0.356 e. The molecular formula is C11H9BrN2O4S2. The number of hydrogen-bond donors (Lipinski definition) is 2. The van der Waals surface area contributed by atoms with Gasteiger partial charge >= 0.3 is 5.97 Å². The summed E-state index contributed by atoms with van der Waals surface area (Å²) in [6, 6.07) is 5.09. The van der Waals surface area contributed by atoms with Crippen LogP contribution in [-0.4, -0.2) is 24.5 Å². The molecule has 0 fully saturated rings. The number of carboxylic acid groups (broad SMARTS) is 1. The highest BCUT2D eigenvalue weighted by atomic mass is 79.9. The topological polar surface area (TPSA) is 96.4 Å². The molecule has 0 spiro atoms. The highest BCUT2D eigenvalue weighted by Crippen LogP contribution is 2.29. The molecular weight excluding hydrogens is 368 g/mol. The highest BCUT2D eigenvalue weighted by molar-refractivity contribution is 9.10. The van der Waals surface area contributed by atoms with E-state index >= 15 is 0 Å². The van der Waals surface area contributed by atoms with Gasteiger partial charge < -0.3 is 5.11 Å². The van der Waals surface area contributed by atoms with Crippen LogP contribution in [0.25, 0.3) is 0 Å². The van der Waals surface area contributed by atoms with Crippen LogP contribution >= 0.6 is 27.3 Å². The van der Waals surface area contributed by atoms with Gasteiger partial charge in [-0.1, -0.05) is 12.1 Å². The van der Waals surface area contributed by atoms with Crippen LogP contribution in [0, 0.1) is 6.92 Å². The average Bonchev–Trinajstić information content (AvgIpc) is 2.85. The number of aromatic nitrogens is 1. The van der Waals surface area contributed by atoms with E-state index in [0.717, 1.165) is 16.9 Å². The molecule has 2 aromatic rings. The van der Waals surface area contributed by atoms with Gasteiger partial charge in [-0.05, 0) is 34.5 Å². The Labute approximate surface area is 127 Å². The molecule has 6 nitrogen and oxygen atoms in total. The first-order chi connectivity index (χ1) is 9.33. The number of aryl methyl sites for hydroxylation is 1. The molecule has 0 unspecified atom stereocenters. The van der Waals surface area contributed by atoms with Crippen LogP contribution in [0.3, 0.4) is 0 Å². The maximum atomic E-state index is 12.2. The van der Waals surface area contributed by atoms with Crippen molar-refractivity contribution in [3.8, 4) is 0 Å². The lowest BCUT2D eigenvalue weighted by Gasteiger charge is -2.10. The van der Waals surface area contributed by atoms with Gasteiger partial charge in [-0.15, -0.1) is 11.3 Å². The maximum absolute atomic E-state index is 12.2. The van der Waals surface area contributed by atoms with Crippen molar-refractivity contribution in [1.82, 2.24) is 4.98 Å². The van der Waals surface area contributed by atoms with Crippen LogP contribution in [0.4, 0.5) is 5.69 Å². The quantitative estimate of drug-likeness (QED) is 0.854. The van der Waals surface area contributed by atoms with Crippen molar-refractivity contribution in [1.29, 1.82) is 0 Å². The summed E-state index contributed by atoms with van der Waals surface area (Å²) in [4.78, 5) is 14.5. The summed E-state index contributed by atoms with van der Waals surface area (Å²) in [5.74, 6) is -1.38. The number of rotatable bonds is 4. The first-order valence-electron chi connectivity index (χ1n) is 5.27. The van der Waals surface area contributed by atoms with E-state index in [4.69, 9.17) is 5.11 Å². The Bertz CT molecular complexity index is 770. The number of nitrogens with zero attached hydrogens (tertiary/aromatic N) is 1. The third-order valence-electron chi connectivity index (χ3n) is 2.42. The summed E-state index contributed by atoms with van der Waals surface area (Å²) in [5, 5.41) is 8.93. The zero-order chi connectivity index (χ0) is 14.9. The molecule has 2 N–H and O–H groups in total. The molecule has 106 valence electrons. The van der Waals surface area contributed by atoms with Crippen LogP contribution in [0.1, 0.15) is 16.1 Å². The van der Waals surface area contributed by atoms with Crippen molar-refractivity contribution in [3.05, 3.63) is 39.4 Å². The molecule has 9 heteroatoms. The second-order valence-electron chi connectivity index (χ2n) is 3.84. The lowest BCUT2D eigenvalue weighted by molar-refractivity contribution is 0.0687. The molecule has 20 heavy (non-hydrogen) atoms. The molecule has 0 aliphatic heterocycles. The Hall–Kier alpha value is -1.45. The zero-order valence-corrected chi connectivity index (χ0v) is 13.3. The summed E-state index contributed by atoms with van der Waals surface area (Å²) in [7, 11) is -3.99. The molecule has 0 radical (unpaired) electrons. The standard InChI is InChI=1S/C11H9BrN2O4S2/c1-6-3-2-4-7(8(6)12)14-20(17,18)11-9(10(15)16)13-5-19-11/h2-5,14H,1H3,(H,15,16). The first-order valence-corrected chi connectivity index (χ1v) is 8.43. The van der Waals surface area contributed by atoms with Gasteiger partial charge in [0.2, 0.25) is 0 Å². The molecule has 1 aromatic heterocycles. The number of nitrogens with one attached hydrogen (secondary N) is 1. The van der Waals surface area contributed by atoms with E-state index in [1.165, 1.54) is 5.51 Å². The number of anilines is 1. The van der Waals surface area contributed by atoms with Crippen molar-refractivity contribution in [3.63, 3.8) is 0 Å². The van der Waals surface area contributed by atoms with Crippen molar-refractivity contribution in [2.45, 2.75) is 11.1 Å². The molecule has 1 aromatic carbocycles. The van der Waals surface area contributed by atoms with Gasteiger partial charge in [0.25, 0.3) is 10.0 Å². The van der Waals surface area contributed by atoms with Gasteiger partial charge in [0.05, 0.1) is 11.2 Å². The van der Waals surface area contributed by atoms with Crippen LogP contribution in [0.15, 0.2) is 32.4 Å². The normalized spacial score (nSPS) is 11.3. The second-order valence-corrected chi connectivity index (χ2v) is 7.36. The molecule has 0 bridgehead atoms. The molecule has 0 saturated heterocycles. The number of thiazole rings is 1. The van der Waals surface area contributed by atoms with Crippen molar-refractivity contribution in [2.24, 2.45) is 0 Å². The Morgan fingerprint density at radius 2 is 2.15 bits per heavy atom. The van der Waals surface area contributed by atoms with E-state index in [0.29, 0.717) is 10.2 Å². The molecule has 1 heterocycles. The van der Waals surface area contributed by atoms with E-state index in [2.05, 4.69) is 25.6 Å². The number of carbonyl (C=O) groups is 1. The lowest BCUT2D eigenvalue weighted by Crippen LogP contribution is -2.15.